The molecule has 6 nitrogen and oxygen atoms in total. The van der Waals surface area contributed by atoms with E-state index in [1.807, 2.05) is 0 Å². The molecule has 0 spiro atoms. The number of halogens is 1. The van der Waals surface area contributed by atoms with Gasteiger partial charge in [0.15, 0.2) is 5.82 Å². The topological polar surface area (TPSA) is 68.7 Å². The van der Waals surface area contributed by atoms with Crippen LogP contribution in [0.4, 0.5) is 4.39 Å². The molecule has 20 heavy (non-hydrogen) atoms. The van der Waals surface area contributed by atoms with Crippen molar-refractivity contribution in [1.29, 1.82) is 0 Å². The molecule has 0 aromatic carbocycles. The summed E-state index contributed by atoms with van der Waals surface area (Å²) in [6.07, 6.45) is 1.76. The molecule has 0 fully saturated rings. The summed E-state index contributed by atoms with van der Waals surface area (Å²) in [5.74, 6) is -0.860. The van der Waals surface area contributed by atoms with Crippen LogP contribution in [-0.2, 0) is 19.5 Å². The number of hydrogen-bond donors (Lipinski definition) is 0. The van der Waals surface area contributed by atoms with Gasteiger partial charge in [-0.2, -0.15) is 4.31 Å². The van der Waals surface area contributed by atoms with E-state index in [0.717, 1.165) is 10.4 Å². The summed E-state index contributed by atoms with van der Waals surface area (Å²) < 4.78 is 49.3. The molecule has 0 amide bonds. The minimum atomic E-state index is -3.97. The Hall–Kier alpha value is -1.09. The second kappa shape index (κ2) is 8.25. The van der Waals surface area contributed by atoms with Crippen LogP contribution < -0.4 is 0 Å². The van der Waals surface area contributed by atoms with Crippen LogP contribution in [0.25, 0.3) is 0 Å². The number of sulfonamides is 1. The molecule has 0 atom stereocenters. The van der Waals surface area contributed by atoms with E-state index in [1.165, 1.54) is 26.5 Å². The second-order valence-electron chi connectivity index (χ2n) is 4.03. The van der Waals surface area contributed by atoms with E-state index in [1.54, 1.807) is 0 Å². The number of aromatic nitrogens is 1. The summed E-state index contributed by atoms with van der Waals surface area (Å²) in [4.78, 5) is 3.63. The molecular weight excluding hydrogens is 287 g/mol. The fraction of sp³-hybridized carbons (Fsp3) is 0.583. The highest BCUT2D eigenvalue weighted by molar-refractivity contribution is 7.89. The van der Waals surface area contributed by atoms with Crippen molar-refractivity contribution < 1.29 is 22.3 Å². The molecule has 1 rings (SSSR count). The molecule has 0 N–H and O–H groups in total. The van der Waals surface area contributed by atoms with Gasteiger partial charge in [-0.1, -0.05) is 0 Å². The highest BCUT2D eigenvalue weighted by atomic mass is 32.2. The molecule has 0 aliphatic rings. The average molecular weight is 306 g/mol. The number of methoxy groups -OCH3 is 2. The van der Waals surface area contributed by atoms with Crippen molar-refractivity contribution in [1.82, 2.24) is 9.29 Å². The van der Waals surface area contributed by atoms with Crippen molar-refractivity contribution in [2.75, 3.05) is 40.5 Å². The Morgan fingerprint density at radius 1 is 1.25 bits per heavy atom. The average Bonchev–Trinajstić information content (AvgIpc) is 2.42. The molecule has 0 radical (unpaired) electrons. The van der Waals surface area contributed by atoms with Gasteiger partial charge in [0.1, 0.15) is 0 Å². The van der Waals surface area contributed by atoms with E-state index in [4.69, 9.17) is 9.47 Å². The first-order valence-electron chi connectivity index (χ1n) is 6.12. The molecule has 0 saturated heterocycles. The van der Waals surface area contributed by atoms with Gasteiger partial charge in [0.05, 0.1) is 6.61 Å². The third kappa shape index (κ3) is 4.48. The first-order valence-corrected chi connectivity index (χ1v) is 7.56. The Balaban J connectivity index is 2.95. The van der Waals surface area contributed by atoms with Crippen LogP contribution in [0.3, 0.4) is 0 Å². The largest absolute Gasteiger partial charge is 0.385 e. The fourth-order valence-corrected chi connectivity index (χ4v) is 3.05. The van der Waals surface area contributed by atoms with Crippen LogP contribution >= 0.6 is 0 Å². The van der Waals surface area contributed by atoms with Gasteiger partial charge in [0, 0.05) is 40.1 Å². The predicted molar refractivity (Wildman–Crippen MR) is 71.3 cm³/mol. The van der Waals surface area contributed by atoms with E-state index in [0.29, 0.717) is 13.0 Å². The van der Waals surface area contributed by atoms with E-state index in [-0.39, 0.29) is 19.7 Å². The lowest BCUT2D eigenvalue weighted by molar-refractivity contribution is 0.164. The number of rotatable bonds is 9. The van der Waals surface area contributed by atoms with E-state index in [2.05, 4.69) is 4.98 Å². The first-order chi connectivity index (χ1) is 9.54. The predicted octanol–water partition coefficient (Wildman–Crippen LogP) is 0.894. The van der Waals surface area contributed by atoms with Gasteiger partial charge in [-0.25, -0.2) is 17.8 Å². The maximum atomic E-state index is 13.6. The second-order valence-corrected chi connectivity index (χ2v) is 5.89. The molecule has 8 heteroatoms. The third-order valence-corrected chi connectivity index (χ3v) is 4.44. The summed E-state index contributed by atoms with van der Waals surface area (Å²) in [6.45, 7) is 0.998. The summed E-state index contributed by atoms with van der Waals surface area (Å²) in [5, 5.41) is -0.562. The van der Waals surface area contributed by atoms with Gasteiger partial charge < -0.3 is 9.47 Å². The van der Waals surface area contributed by atoms with Crippen LogP contribution in [0.2, 0.25) is 0 Å². The lowest BCUT2D eigenvalue weighted by Crippen LogP contribution is -2.36. The lowest BCUT2D eigenvalue weighted by Gasteiger charge is -2.21. The first kappa shape index (κ1) is 17.0. The van der Waals surface area contributed by atoms with E-state index in [9.17, 15) is 12.8 Å². The molecule has 0 aliphatic heterocycles. The van der Waals surface area contributed by atoms with Gasteiger partial charge >= 0.3 is 0 Å². The maximum absolute atomic E-state index is 13.6. The van der Waals surface area contributed by atoms with Gasteiger partial charge in [0.2, 0.25) is 5.03 Å². The molecule has 0 unspecified atom stereocenters. The summed E-state index contributed by atoms with van der Waals surface area (Å²) in [6, 6.07) is 2.42. The summed E-state index contributed by atoms with van der Waals surface area (Å²) in [7, 11) is -0.965. The van der Waals surface area contributed by atoms with Crippen LogP contribution in [0.15, 0.2) is 23.4 Å². The Labute approximate surface area is 118 Å². The number of ether oxygens (including phenoxy) is 2. The van der Waals surface area contributed by atoms with Crippen molar-refractivity contribution in [3.63, 3.8) is 0 Å². The smallest absolute Gasteiger partial charge is 0.263 e. The molecule has 114 valence electrons. The number of pyridine rings is 1. The Morgan fingerprint density at radius 3 is 2.55 bits per heavy atom. The molecule has 0 aliphatic carbocycles. The fourth-order valence-electron chi connectivity index (χ4n) is 1.61. The zero-order valence-corrected chi connectivity index (χ0v) is 12.4. The minimum Gasteiger partial charge on any atom is -0.385 e. The summed E-state index contributed by atoms with van der Waals surface area (Å²) >= 11 is 0. The molecular formula is C12H19FN2O4S. The van der Waals surface area contributed by atoms with Crippen molar-refractivity contribution in [2.24, 2.45) is 0 Å². The highest BCUT2D eigenvalue weighted by Crippen LogP contribution is 2.16. The Kier molecular flexibility index (Phi) is 7.00. The van der Waals surface area contributed by atoms with Gasteiger partial charge in [-0.3, -0.25) is 0 Å². The normalized spacial score (nSPS) is 12.0. The van der Waals surface area contributed by atoms with Crippen LogP contribution in [-0.4, -0.2) is 58.2 Å². The van der Waals surface area contributed by atoms with Gasteiger partial charge in [0.25, 0.3) is 10.0 Å². The zero-order valence-electron chi connectivity index (χ0n) is 11.6. The number of hydrogen-bond acceptors (Lipinski definition) is 5. The van der Waals surface area contributed by atoms with Crippen molar-refractivity contribution >= 4 is 10.0 Å². The lowest BCUT2D eigenvalue weighted by atomic mass is 10.4. The quantitative estimate of drug-likeness (QED) is 0.634. The van der Waals surface area contributed by atoms with Crippen LogP contribution in [0.1, 0.15) is 6.42 Å². The van der Waals surface area contributed by atoms with Gasteiger partial charge in [-0.15, -0.1) is 0 Å². The number of nitrogens with zero attached hydrogens (tertiary/aromatic N) is 2. The molecule has 1 aromatic rings. The van der Waals surface area contributed by atoms with Crippen molar-refractivity contribution in [3.8, 4) is 0 Å². The monoisotopic (exact) mass is 306 g/mol. The van der Waals surface area contributed by atoms with Crippen LogP contribution in [0.5, 0.6) is 0 Å². The minimum absolute atomic E-state index is 0.137. The molecule has 0 saturated carbocycles. The Bertz CT molecular complexity index is 510. The SMILES string of the molecule is COCCCN(CCOC)S(=O)(=O)c1ncccc1F. The maximum Gasteiger partial charge on any atom is 0.263 e. The summed E-state index contributed by atoms with van der Waals surface area (Å²) in [5.41, 5.74) is 0. The molecule has 1 aromatic heterocycles. The van der Waals surface area contributed by atoms with E-state index < -0.39 is 20.9 Å². The molecule has 0 bridgehead atoms. The standard InChI is InChI=1S/C12H19FN2O4S/c1-18-9-4-7-15(8-10-19-2)20(16,17)12-11(13)5-3-6-14-12/h3,5-6H,4,7-10H2,1-2H3. The van der Waals surface area contributed by atoms with Crippen molar-refractivity contribution in [3.05, 3.63) is 24.1 Å². The Morgan fingerprint density at radius 2 is 1.95 bits per heavy atom. The zero-order chi connectivity index (χ0) is 15.0. The van der Waals surface area contributed by atoms with Crippen LogP contribution in [0, 0.1) is 5.82 Å². The van der Waals surface area contributed by atoms with Gasteiger partial charge in [-0.05, 0) is 18.6 Å². The third-order valence-electron chi connectivity index (χ3n) is 2.61. The highest BCUT2D eigenvalue weighted by Gasteiger charge is 2.28. The van der Waals surface area contributed by atoms with E-state index >= 15 is 0 Å². The van der Waals surface area contributed by atoms with Crippen molar-refractivity contribution in [2.45, 2.75) is 11.4 Å². The molecule has 1 heterocycles.